The van der Waals surface area contributed by atoms with Crippen molar-refractivity contribution in [3.63, 3.8) is 0 Å². The number of nitriles is 1. The van der Waals surface area contributed by atoms with Gasteiger partial charge in [0, 0.05) is 17.5 Å². The molecule has 4 rings (SSSR count). The Morgan fingerprint density at radius 2 is 1.94 bits per heavy atom. The van der Waals surface area contributed by atoms with Crippen LogP contribution in [0.15, 0.2) is 54.7 Å². The second kappa shape index (κ2) is 10.3. The van der Waals surface area contributed by atoms with Crippen LogP contribution in [-0.2, 0) is 6.54 Å². The molecule has 0 spiro atoms. The number of nitrogens with zero attached hydrogens (tertiary/aromatic N) is 4. The molecule has 2 heterocycles. The number of aromatic nitrogens is 3. The number of pyridine rings is 1. The van der Waals surface area contributed by atoms with Crippen molar-refractivity contribution in [1.82, 2.24) is 20.1 Å². The van der Waals surface area contributed by atoms with E-state index in [0.717, 1.165) is 17.0 Å². The summed E-state index contributed by atoms with van der Waals surface area (Å²) in [6.45, 7) is 4.15. The zero-order chi connectivity index (χ0) is 25.8. The smallest absolute Gasteiger partial charge is 0.404 e. The van der Waals surface area contributed by atoms with Crippen LogP contribution >= 0.6 is 0 Å². The second-order valence-electron chi connectivity index (χ2n) is 8.03. The number of amides is 1. The van der Waals surface area contributed by atoms with Crippen molar-refractivity contribution < 1.29 is 18.7 Å². The summed E-state index contributed by atoms with van der Waals surface area (Å²) < 4.78 is 31.4. The average molecular weight is 492 g/mol. The molecule has 0 saturated heterocycles. The molecule has 9 nitrogen and oxygen atoms in total. The fourth-order valence-corrected chi connectivity index (χ4v) is 3.99. The van der Waals surface area contributed by atoms with Gasteiger partial charge in [-0.05, 0) is 38.1 Å². The monoisotopic (exact) mass is 491 g/mol. The molecule has 0 aliphatic heterocycles. The van der Waals surface area contributed by atoms with Crippen LogP contribution in [0, 0.1) is 23.0 Å². The van der Waals surface area contributed by atoms with Crippen molar-refractivity contribution >= 4 is 34.3 Å². The third-order valence-corrected chi connectivity index (χ3v) is 5.72. The van der Waals surface area contributed by atoms with Gasteiger partial charge in [-0.25, -0.2) is 18.6 Å². The first kappa shape index (κ1) is 24.4. The number of hydrogen-bond donors (Lipinski definition) is 4. The maximum Gasteiger partial charge on any atom is 0.404 e. The van der Waals surface area contributed by atoms with E-state index in [9.17, 15) is 19.6 Å². The van der Waals surface area contributed by atoms with Crippen LogP contribution in [0.3, 0.4) is 0 Å². The Labute approximate surface area is 205 Å². The Morgan fingerprint density at radius 1 is 1.17 bits per heavy atom. The Balaban J connectivity index is 1.74. The lowest BCUT2D eigenvalue weighted by atomic mass is 9.99. The molecule has 0 aliphatic rings. The summed E-state index contributed by atoms with van der Waals surface area (Å²) in [6, 6.07) is 12.4. The van der Waals surface area contributed by atoms with E-state index in [-0.39, 0.29) is 22.8 Å². The van der Waals surface area contributed by atoms with Crippen LogP contribution in [0.1, 0.15) is 31.0 Å². The second-order valence-corrected chi connectivity index (χ2v) is 8.03. The lowest BCUT2D eigenvalue weighted by Gasteiger charge is -2.27. The van der Waals surface area contributed by atoms with E-state index in [1.54, 1.807) is 18.3 Å². The zero-order valence-electron chi connectivity index (χ0n) is 19.5. The molecule has 4 aromatic rings. The van der Waals surface area contributed by atoms with E-state index >= 15 is 4.39 Å². The highest BCUT2D eigenvalue weighted by atomic mass is 19.1. The number of benzene rings is 2. The molecule has 184 valence electrons. The molecular formula is C25H23F2N7O2. The number of anilines is 3. The number of aryl methyl sites for hydroxylation is 1. The van der Waals surface area contributed by atoms with Gasteiger partial charge in [-0.3, -0.25) is 4.68 Å². The van der Waals surface area contributed by atoms with E-state index < -0.39 is 29.8 Å². The van der Waals surface area contributed by atoms with Gasteiger partial charge in [-0.15, -0.1) is 0 Å². The Kier molecular flexibility index (Phi) is 6.96. The first-order chi connectivity index (χ1) is 17.3. The molecule has 1 amide bonds. The van der Waals surface area contributed by atoms with Gasteiger partial charge in [0.05, 0.1) is 35.0 Å². The van der Waals surface area contributed by atoms with Gasteiger partial charge in [-0.1, -0.05) is 24.3 Å². The maximum absolute atomic E-state index is 15.0. The number of hydrogen-bond acceptors (Lipinski definition) is 6. The summed E-state index contributed by atoms with van der Waals surface area (Å²) >= 11 is 0. The summed E-state index contributed by atoms with van der Waals surface area (Å²) in [5.74, 6) is -1.65. The SMILES string of the molecule is CCn1ncc2c(Nc3nc(N[C@H](c4ccccc4F)[C@H](C)NC(=O)O)c(F)cc3C#N)cccc21. The number of nitrogens with one attached hydrogen (secondary N) is 3. The largest absolute Gasteiger partial charge is 0.465 e. The van der Waals surface area contributed by atoms with Crippen molar-refractivity contribution in [2.45, 2.75) is 32.5 Å². The Morgan fingerprint density at radius 3 is 2.64 bits per heavy atom. The predicted molar refractivity (Wildman–Crippen MR) is 131 cm³/mol. The van der Waals surface area contributed by atoms with Crippen molar-refractivity contribution in [3.8, 4) is 6.07 Å². The normalized spacial score (nSPS) is 12.5. The highest BCUT2D eigenvalue weighted by Gasteiger charge is 2.26. The zero-order valence-corrected chi connectivity index (χ0v) is 19.5. The summed E-state index contributed by atoms with van der Waals surface area (Å²) in [7, 11) is 0. The van der Waals surface area contributed by atoms with Gasteiger partial charge < -0.3 is 21.1 Å². The standard InChI is InChI=1S/C25H23F2N7O2/c1-3-34-21-10-6-9-20(17(21)13-29-34)31-23-15(12-28)11-19(27)24(33-23)32-22(14(2)30-25(35)36)16-7-4-5-8-18(16)26/h4-11,13-14,22,30H,3H2,1-2H3,(H,35,36)(H2,31,32,33)/t14-,22-/m0/s1. The summed E-state index contributed by atoms with van der Waals surface area (Å²) in [6.07, 6.45) is 0.366. The van der Waals surface area contributed by atoms with Gasteiger partial charge in [0.1, 0.15) is 11.9 Å². The number of rotatable bonds is 8. The molecule has 2 aromatic heterocycles. The quantitative estimate of drug-likeness (QED) is 0.268. The average Bonchev–Trinajstić information content (AvgIpc) is 3.28. The highest BCUT2D eigenvalue weighted by molar-refractivity contribution is 5.93. The van der Waals surface area contributed by atoms with E-state index in [2.05, 4.69) is 26.0 Å². The lowest BCUT2D eigenvalue weighted by molar-refractivity contribution is 0.189. The van der Waals surface area contributed by atoms with E-state index in [4.69, 9.17) is 0 Å². The Bertz CT molecular complexity index is 1460. The first-order valence-corrected chi connectivity index (χ1v) is 11.1. The fraction of sp³-hybridized carbons (Fsp3) is 0.200. The molecule has 0 unspecified atom stereocenters. The van der Waals surface area contributed by atoms with Crippen molar-refractivity contribution in [1.29, 1.82) is 5.26 Å². The molecule has 0 aliphatic carbocycles. The first-order valence-electron chi connectivity index (χ1n) is 11.1. The fourth-order valence-electron chi connectivity index (χ4n) is 3.99. The molecule has 2 atom stereocenters. The third kappa shape index (κ3) is 4.88. The lowest BCUT2D eigenvalue weighted by Crippen LogP contribution is -2.39. The van der Waals surface area contributed by atoms with Crippen LogP contribution in [-0.4, -0.2) is 32.0 Å². The predicted octanol–water partition coefficient (Wildman–Crippen LogP) is 5.15. The molecule has 11 heteroatoms. The van der Waals surface area contributed by atoms with Gasteiger partial charge in [-0.2, -0.15) is 10.4 Å². The molecule has 2 aromatic carbocycles. The van der Waals surface area contributed by atoms with E-state index in [0.29, 0.717) is 12.2 Å². The minimum Gasteiger partial charge on any atom is -0.465 e. The minimum absolute atomic E-state index is 0.0444. The van der Waals surface area contributed by atoms with Gasteiger partial charge in [0.2, 0.25) is 0 Å². The highest BCUT2D eigenvalue weighted by Crippen LogP contribution is 2.31. The van der Waals surface area contributed by atoms with E-state index in [1.165, 1.54) is 25.1 Å². The van der Waals surface area contributed by atoms with Crippen molar-refractivity contribution in [2.24, 2.45) is 0 Å². The van der Waals surface area contributed by atoms with Crippen LogP contribution in [0.2, 0.25) is 0 Å². The molecule has 0 fully saturated rings. The molecular weight excluding hydrogens is 468 g/mol. The topological polar surface area (TPSA) is 128 Å². The number of carboxylic acid groups (broad SMARTS) is 1. The minimum atomic E-state index is -1.32. The van der Waals surface area contributed by atoms with E-state index in [1.807, 2.05) is 29.8 Å². The molecule has 0 saturated carbocycles. The van der Waals surface area contributed by atoms with Crippen LogP contribution in [0.25, 0.3) is 10.9 Å². The number of fused-ring (bicyclic) bond motifs is 1. The number of halogens is 2. The van der Waals surface area contributed by atoms with Gasteiger partial charge >= 0.3 is 6.09 Å². The third-order valence-electron chi connectivity index (χ3n) is 5.72. The van der Waals surface area contributed by atoms with Gasteiger partial charge in [0.15, 0.2) is 17.5 Å². The van der Waals surface area contributed by atoms with Crippen LogP contribution in [0.4, 0.5) is 30.9 Å². The van der Waals surface area contributed by atoms with Crippen molar-refractivity contribution in [3.05, 3.63) is 77.5 Å². The summed E-state index contributed by atoms with van der Waals surface area (Å²) in [5.41, 5.74) is 1.56. The summed E-state index contributed by atoms with van der Waals surface area (Å²) in [5, 5.41) is 32.1. The molecule has 4 N–H and O–H groups in total. The van der Waals surface area contributed by atoms with Crippen LogP contribution in [0.5, 0.6) is 0 Å². The summed E-state index contributed by atoms with van der Waals surface area (Å²) in [4.78, 5) is 15.5. The van der Waals surface area contributed by atoms with Crippen molar-refractivity contribution in [2.75, 3.05) is 10.6 Å². The maximum atomic E-state index is 15.0. The molecule has 0 bridgehead atoms. The number of carbonyl (C=O) groups is 1. The molecule has 0 radical (unpaired) electrons. The Hall–Kier alpha value is -4.72. The van der Waals surface area contributed by atoms with Crippen LogP contribution < -0.4 is 16.0 Å². The molecule has 36 heavy (non-hydrogen) atoms. The van der Waals surface area contributed by atoms with Gasteiger partial charge in [0.25, 0.3) is 0 Å².